The number of thioether (sulfide) groups is 1. The van der Waals surface area contributed by atoms with Gasteiger partial charge in [-0.2, -0.15) is 5.26 Å². The van der Waals surface area contributed by atoms with Crippen LogP contribution in [0.15, 0.2) is 5.16 Å². The maximum Gasteiger partial charge on any atom is 0.191 e. The number of hydrogen-bond donors (Lipinski definition) is 0. The van der Waals surface area contributed by atoms with Gasteiger partial charge in [-0.15, -0.1) is 10.2 Å². The Balaban J connectivity index is 1.57. The van der Waals surface area contributed by atoms with Crippen molar-refractivity contribution in [3.8, 4) is 6.07 Å². The van der Waals surface area contributed by atoms with Crippen molar-refractivity contribution in [2.24, 2.45) is 5.92 Å². The first kappa shape index (κ1) is 12.7. The molecule has 0 spiro atoms. The minimum absolute atomic E-state index is 0.197. The van der Waals surface area contributed by atoms with E-state index in [9.17, 15) is 5.26 Å². The van der Waals surface area contributed by atoms with E-state index in [-0.39, 0.29) is 5.92 Å². The summed E-state index contributed by atoms with van der Waals surface area (Å²) in [6.07, 6.45) is 9.77. The lowest BCUT2D eigenvalue weighted by molar-refractivity contribution is 0.438. The molecule has 0 aliphatic heterocycles. The third kappa shape index (κ3) is 2.35. The lowest BCUT2D eigenvalue weighted by Gasteiger charge is -2.25. The first-order valence-electron chi connectivity index (χ1n) is 7.88. The second-order valence-electron chi connectivity index (χ2n) is 6.39. The first-order valence-corrected chi connectivity index (χ1v) is 8.76. The molecule has 106 valence electrons. The summed E-state index contributed by atoms with van der Waals surface area (Å²) in [5, 5.41) is 19.8. The summed E-state index contributed by atoms with van der Waals surface area (Å²) < 4.78 is 2.41. The Morgan fingerprint density at radius 1 is 1.05 bits per heavy atom. The van der Waals surface area contributed by atoms with Gasteiger partial charge in [-0.05, 0) is 38.5 Å². The standard InChI is InChI=1S/C15H20N4S/c16-9-11-3-1-2-4-13(11)20-15-18-17-14(10-5-6-10)19(15)12-7-8-12/h10-13H,1-8H2. The van der Waals surface area contributed by atoms with Crippen LogP contribution in [0.25, 0.3) is 0 Å². The van der Waals surface area contributed by atoms with Crippen LogP contribution >= 0.6 is 11.8 Å². The number of hydrogen-bond acceptors (Lipinski definition) is 4. The van der Waals surface area contributed by atoms with Gasteiger partial charge in [0.25, 0.3) is 0 Å². The Morgan fingerprint density at radius 3 is 2.55 bits per heavy atom. The van der Waals surface area contributed by atoms with Crippen LogP contribution < -0.4 is 0 Å². The van der Waals surface area contributed by atoms with Crippen LogP contribution in [-0.2, 0) is 0 Å². The van der Waals surface area contributed by atoms with Crippen molar-refractivity contribution in [2.75, 3.05) is 0 Å². The van der Waals surface area contributed by atoms with E-state index in [0.717, 1.165) is 18.0 Å². The van der Waals surface area contributed by atoms with Gasteiger partial charge in [0.1, 0.15) is 5.82 Å². The lowest BCUT2D eigenvalue weighted by Crippen LogP contribution is -2.21. The Morgan fingerprint density at radius 2 is 1.85 bits per heavy atom. The fraction of sp³-hybridized carbons (Fsp3) is 0.800. The van der Waals surface area contributed by atoms with Gasteiger partial charge in [0.2, 0.25) is 0 Å². The average molecular weight is 288 g/mol. The molecule has 2 atom stereocenters. The van der Waals surface area contributed by atoms with Crippen LogP contribution in [0.5, 0.6) is 0 Å². The Bertz CT molecular complexity index is 539. The van der Waals surface area contributed by atoms with E-state index in [2.05, 4.69) is 20.8 Å². The zero-order chi connectivity index (χ0) is 13.5. The van der Waals surface area contributed by atoms with E-state index >= 15 is 0 Å². The molecule has 3 aliphatic carbocycles. The quantitative estimate of drug-likeness (QED) is 0.848. The Kier molecular flexibility index (Phi) is 3.22. The van der Waals surface area contributed by atoms with Gasteiger partial charge in [-0.25, -0.2) is 0 Å². The molecule has 1 aromatic rings. The van der Waals surface area contributed by atoms with Gasteiger partial charge in [0, 0.05) is 17.2 Å². The number of rotatable bonds is 4. The molecule has 0 N–H and O–H groups in total. The summed E-state index contributed by atoms with van der Waals surface area (Å²) in [5.41, 5.74) is 0. The molecule has 0 amide bonds. The van der Waals surface area contributed by atoms with E-state index in [4.69, 9.17) is 0 Å². The highest BCUT2D eigenvalue weighted by Crippen LogP contribution is 2.47. The number of nitrogens with zero attached hydrogens (tertiary/aromatic N) is 4. The minimum atomic E-state index is 0.197. The maximum absolute atomic E-state index is 9.33. The van der Waals surface area contributed by atoms with Crippen LogP contribution in [-0.4, -0.2) is 20.0 Å². The zero-order valence-electron chi connectivity index (χ0n) is 11.7. The van der Waals surface area contributed by atoms with E-state index < -0.39 is 0 Å². The highest BCUT2D eigenvalue weighted by Gasteiger charge is 2.37. The van der Waals surface area contributed by atoms with E-state index in [1.54, 1.807) is 0 Å². The Hall–Kier alpha value is -1.02. The predicted octanol–water partition coefficient (Wildman–Crippen LogP) is 3.66. The van der Waals surface area contributed by atoms with Crippen molar-refractivity contribution in [3.05, 3.63) is 5.82 Å². The highest BCUT2D eigenvalue weighted by molar-refractivity contribution is 7.99. The largest absolute Gasteiger partial charge is 0.303 e. The van der Waals surface area contributed by atoms with Crippen LogP contribution in [0.4, 0.5) is 0 Å². The molecule has 3 saturated carbocycles. The highest BCUT2D eigenvalue weighted by atomic mass is 32.2. The molecular weight excluding hydrogens is 268 g/mol. The molecule has 2 unspecified atom stereocenters. The molecule has 0 bridgehead atoms. The van der Waals surface area contributed by atoms with Crippen molar-refractivity contribution < 1.29 is 0 Å². The average Bonchev–Trinajstić information content (AvgIpc) is 3.39. The summed E-state index contributed by atoms with van der Waals surface area (Å²) in [7, 11) is 0. The second kappa shape index (κ2) is 5.07. The maximum atomic E-state index is 9.33. The van der Waals surface area contributed by atoms with Gasteiger partial charge < -0.3 is 4.57 Å². The van der Waals surface area contributed by atoms with E-state index in [1.165, 1.54) is 44.3 Å². The fourth-order valence-electron chi connectivity index (χ4n) is 3.19. The number of nitriles is 1. The molecule has 5 heteroatoms. The molecule has 0 saturated heterocycles. The lowest BCUT2D eigenvalue weighted by atomic mass is 9.90. The normalized spacial score (nSPS) is 30.1. The third-order valence-corrected chi connectivity index (χ3v) is 6.03. The van der Waals surface area contributed by atoms with Crippen molar-refractivity contribution in [3.63, 3.8) is 0 Å². The molecule has 3 fully saturated rings. The van der Waals surface area contributed by atoms with Crippen LogP contribution in [0.3, 0.4) is 0 Å². The monoisotopic (exact) mass is 288 g/mol. The second-order valence-corrected chi connectivity index (χ2v) is 7.60. The molecule has 3 aliphatic rings. The summed E-state index contributed by atoms with van der Waals surface area (Å²) in [4.78, 5) is 0. The van der Waals surface area contributed by atoms with Gasteiger partial charge in [0.15, 0.2) is 5.16 Å². The molecule has 1 heterocycles. The van der Waals surface area contributed by atoms with E-state index in [1.807, 2.05) is 11.8 Å². The summed E-state index contributed by atoms with van der Waals surface area (Å²) >= 11 is 1.83. The van der Waals surface area contributed by atoms with Crippen molar-refractivity contribution >= 4 is 11.8 Å². The third-order valence-electron chi connectivity index (χ3n) is 4.67. The predicted molar refractivity (Wildman–Crippen MR) is 77.5 cm³/mol. The summed E-state index contributed by atoms with van der Waals surface area (Å²) in [5.74, 6) is 2.08. The number of aromatic nitrogens is 3. The minimum Gasteiger partial charge on any atom is -0.303 e. The molecule has 4 rings (SSSR count). The van der Waals surface area contributed by atoms with Crippen LogP contribution in [0, 0.1) is 17.2 Å². The summed E-state index contributed by atoms with van der Waals surface area (Å²) in [6, 6.07) is 3.15. The summed E-state index contributed by atoms with van der Waals surface area (Å²) in [6.45, 7) is 0. The van der Waals surface area contributed by atoms with Gasteiger partial charge in [0.05, 0.1) is 12.0 Å². The van der Waals surface area contributed by atoms with Gasteiger partial charge in [-0.1, -0.05) is 24.6 Å². The SMILES string of the molecule is N#CC1CCCCC1Sc1nnc(C2CC2)n1C1CC1. The fourth-order valence-corrected chi connectivity index (χ4v) is 4.55. The van der Waals surface area contributed by atoms with Crippen molar-refractivity contribution in [2.45, 2.75) is 73.7 Å². The molecule has 1 aromatic heterocycles. The first-order chi connectivity index (χ1) is 9.86. The van der Waals surface area contributed by atoms with Gasteiger partial charge >= 0.3 is 0 Å². The van der Waals surface area contributed by atoms with Gasteiger partial charge in [-0.3, -0.25) is 0 Å². The topological polar surface area (TPSA) is 54.5 Å². The van der Waals surface area contributed by atoms with Crippen molar-refractivity contribution in [1.82, 2.24) is 14.8 Å². The molecule has 0 radical (unpaired) electrons. The van der Waals surface area contributed by atoms with E-state index in [0.29, 0.717) is 17.2 Å². The smallest absolute Gasteiger partial charge is 0.191 e. The molecular formula is C15H20N4S. The van der Waals surface area contributed by atoms with Crippen LogP contribution in [0.1, 0.15) is 69.2 Å². The molecule has 4 nitrogen and oxygen atoms in total. The molecule has 0 aromatic carbocycles. The molecule has 20 heavy (non-hydrogen) atoms. The van der Waals surface area contributed by atoms with Crippen molar-refractivity contribution in [1.29, 1.82) is 5.26 Å². The Labute approximate surface area is 124 Å². The van der Waals surface area contributed by atoms with Crippen LogP contribution in [0.2, 0.25) is 0 Å². The zero-order valence-corrected chi connectivity index (χ0v) is 12.5.